The maximum Gasteiger partial charge on any atom is 0.343 e. The molecule has 25 nitrogen and oxygen atoms in total. The summed E-state index contributed by atoms with van der Waals surface area (Å²) < 4.78 is 28.0. The lowest BCUT2D eigenvalue weighted by Gasteiger charge is -2.31. The van der Waals surface area contributed by atoms with E-state index in [0.717, 1.165) is 17.7 Å². The van der Waals surface area contributed by atoms with E-state index >= 15 is 4.39 Å². The molecule has 3 aliphatic heterocycles. The van der Waals surface area contributed by atoms with Crippen molar-refractivity contribution in [1.82, 2.24) is 51.7 Å². The van der Waals surface area contributed by atoms with Crippen LogP contribution < -0.4 is 42.8 Å². The fourth-order valence-corrected chi connectivity index (χ4v) is 10.5. The van der Waals surface area contributed by atoms with Crippen LogP contribution in [0, 0.1) is 18.2 Å². The highest BCUT2D eigenvalue weighted by Crippen LogP contribution is 2.49. The van der Waals surface area contributed by atoms with E-state index in [0.29, 0.717) is 75.1 Å². The summed E-state index contributed by atoms with van der Waals surface area (Å²) in [6.07, 6.45) is 3.57. The maximum absolute atomic E-state index is 15.5. The van der Waals surface area contributed by atoms with Gasteiger partial charge in [0.1, 0.15) is 31.2 Å². The molecule has 1 saturated carbocycles. The smallest absolute Gasteiger partial charge is 0.343 e. The van der Waals surface area contributed by atoms with Gasteiger partial charge in [-0.05, 0) is 67.3 Å². The first-order valence-electron chi connectivity index (χ1n) is 25.8. The minimum atomic E-state index is -2.06. The number of amides is 8. The van der Waals surface area contributed by atoms with Crippen LogP contribution in [0.4, 0.5) is 4.39 Å². The lowest BCUT2D eigenvalue weighted by atomic mass is 9.81. The average Bonchev–Trinajstić information content (AvgIpc) is 4.22. The minimum absolute atomic E-state index is 0.0178. The second-order valence-electron chi connectivity index (χ2n) is 20.2. The molecule has 0 spiro atoms. The number of hydrogen-bond donors (Lipinski definition) is 9. The summed E-state index contributed by atoms with van der Waals surface area (Å²) in [7, 11) is 0. The van der Waals surface area contributed by atoms with Gasteiger partial charge >= 0.3 is 11.9 Å². The summed E-state index contributed by atoms with van der Waals surface area (Å²) >= 11 is 0. The predicted octanol–water partition coefficient (Wildman–Crippen LogP) is -1.45. The Hall–Kier alpha value is -8.75. The Kier molecular flexibility index (Phi) is 16.0. The molecule has 2 aliphatic carbocycles. The summed E-state index contributed by atoms with van der Waals surface area (Å²) in [6.45, 7) is -0.291. The fraction of sp³-hybridized carbons (Fsp3) is 0.407. The number of aromatic nitrogens is 2. The molecule has 1 fully saturated rings. The molecule has 5 aliphatic rings. The van der Waals surface area contributed by atoms with Crippen LogP contribution in [0.1, 0.15) is 77.6 Å². The monoisotopic (exact) mass is 1100 g/mol. The molecule has 9 N–H and O–H groups in total. The van der Waals surface area contributed by atoms with Crippen molar-refractivity contribution in [3.05, 3.63) is 110 Å². The van der Waals surface area contributed by atoms with E-state index in [9.17, 15) is 57.8 Å². The van der Waals surface area contributed by atoms with Crippen LogP contribution in [-0.2, 0) is 89.0 Å². The van der Waals surface area contributed by atoms with Crippen LogP contribution in [0.3, 0.4) is 0 Å². The lowest BCUT2D eigenvalue weighted by Crippen LogP contribution is -2.56. The molecule has 8 amide bonds. The summed E-state index contributed by atoms with van der Waals surface area (Å²) in [4.78, 5) is 147. The van der Waals surface area contributed by atoms with Gasteiger partial charge in [0.15, 0.2) is 5.60 Å². The number of aryl methyl sites for hydroxylation is 1. The quantitative estimate of drug-likeness (QED) is 0.0156. The minimum Gasteiger partial charge on any atom is -0.480 e. The molecule has 5 heterocycles. The number of nitrogens with zero attached hydrogens (tertiary/aromatic N) is 3. The Morgan fingerprint density at radius 3 is 2.25 bits per heavy atom. The third-order valence-electron chi connectivity index (χ3n) is 15.1. The molecular formula is C54H57FN10O15. The largest absolute Gasteiger partial charge is 0.480 e. The first-order valence-corrected chi connectivity index (χ1v) is 25.8. The molecule has 420 valence electrons. The summed E-state index contributed by atoms with van der Waals surface area (Å²) in [5, 5.41) is 38.8. The SMILES string of the molecule is CC[C@@]1(O)C(=O)OCc2c1cc1n(c2=O)Cc2c-1nc1cc(F)c(C)c3c1c2[C@@H](NC(=O)C1(COCNC(=O)CNC(=O)[C@H](Cc2ccccc2)NC(=O)CNC(=O)CNC(=O)[C@H](CNCC(=O)O)N2C(=O)C=CC2=O)CC1)CC3. The zero-order chi connectivity index (χ0) is 57.2. The first kappa shape index (κ1) is 56.0. The number of fused-ring (bicyclic) bond motifs is 5. The Labute approximate surface area is 454 Å². The van der Waals surface area contributed by atoms with Gasteiger partial charge < -0.3 is 61.5 Å². The number of pyridine rings is 2. The molecule has 0 bridgehead atoms. The number of aliphatic hydroxyl groups is 1. The second kappa shape index (κ2) is 22.9. The van der Waals surface area contributed by atoms with Crippen molar-refractivity contribution in [3.8, 4) is 11.4 Å². The summed E-state index contributed by atoms with van der Waals surface area (Å²) in [6, 6.07) is 8.19. The van der Waals surface area contributed by atoms with Crippen molar-refractivity contribution < 1.29 is 72.0 Å². The molecule has 0 saturated heterocycles. The van der Waals surface area contributed by atoms with Gasteiger partial charge in [0.2, 0.25) is 35.4 Å². The highest BCUT2D eigenvalue weighted by Gasteiger charge is 2.51. The highest BCUT2D eigenvalue weighted by molar-refractivity contribution is 6.15. The third-order valence-corrected chi connectivity index (χ3v) is 15.1. The molecule has 26 heteroatoms. The first-order chi connectivity index (χ1) is 38.2. The van der Waals surface area contributed by atoms with Crippen molar-refractivity contribution in [1.29, 1.82) is 0 Å². The van der Waals surface area contributed by atoms with E-state index in [4.69, 9.17) is 19.6 Å². The van der Waals surface area contributed by atoms with Crippen LogP contribution in [0.2, 0.25) is 0 Å². The second-order valence-corrected chi connectivity index (χ2v) is 20.2. The van der Waals surface area contributed by atoms with Crippen LogP contribution >= 0.6 is 0 Å². The molecule has 2 aromatic carbocycles. The van der Waals surface area contributed by atoms with Crippen LogP contribution in [-0.4, -0.2) is 142 Å². The fourth-order valence-electron chi connectivity index (χ4n) is 10.5. The Balaban J connectivity index is 0.776. The van der Waals surface area contributed by atoms with Crippen molar-refractivity contribution in [3.63, 3.8) is 0 Å². The van der Waals surface area contributed by atoms with Gasteiger partial charge in [-0.1, -0.05) is 37.3 Å². The maximum atomic E-state index is 15.5. The number of halogens is 1. The number of hydrogen-bond acceptors (Lipinski definition) is 16. The molecule has 2 aromatic heterocycles. The van der Waals surface area contributed by atoms with Gasteiger partial charge in [0.25, 0.3) is 17.4 Å². The average molecular weight is 1110 g/mol. The van der Waals surface area contributed by atoms with Crippen molar-refractivity contribution in [2.45, 2.75) is 89.3 Å². The van der Waals surface area contributed by atoms with Crippen LogP contribution in [0.25, 0.3) is 22.3 Å². The molecule has 4 atom stereocenters. The number of aliphatic carboxylic acids is 1. The molecule has 0 unspecified atom stereocenters. The van der Waals surface area contributed by atoms with E-state index in [-0.39, 0.29) is 56.4 Å². The highest BCUT2D eigenvalue weighted by atomic mass is 19.1. The number of carbonyl (C=O) groups excluding carboxylic acids is 9. The van der Waals surface area contributed by atoms with Gasteiger partial charge in [-0.2, -0.15) is 0 Å². The molecule has 0 radical (unpaired) electrons. The number of carboxylic acid groups (broad SMARTS) is 1. The van der Waals surface area contributed by atoms with E-state index in [1.807, 2.05) is 0 Å². The third kappa shape index (κ3) is 11.3. The number of esters is 1. The number of nitrogens with one attached hydrogen (secondary N) is 7. The lowest BCUT2D eigenvalue weighted by molar-refractivity contribution is -0.172. The van der Waals surface area contributed by atoms with E-state index in [1.165, 1.54) is 10.6 Å². The number of carbonyl (C=O) groups is 10. The molecule has 9 rings (SSSR count). The number of cyclic esters (lactones) is 1. The van der Waals surface area contributed by atoms with Crippen molar-refractivity contribution in [2.24, 2.45) is 5.41 Å². The number of ether oxygens (including phenoxy) is 2. The number of rotatable bonds is 23. The van der Waals surface area contributed by atoms with E-state index in [1.54, 1.807) is 50.2 Å². The number of benzene rings is 2. The zero-order valence-corrected chi connectivity index (χ0v) is 43.5. The van der Waals surface area contributed by atoms with Crippen LogP contribution in [0.5, 0.6) is 0 Å². The van der Waals surface area contributed by atoms with Gasteiger partial charge in [-0.25, -0.2) is 14.2 Å². The number of carboxylic acids is 1. The van der Waals surface area contributed by atoms with Crippen molar-refractivity contribution >= 4 is 70.1 Å². The topological polar surface area (TPSA) is 352 Å². The van der Waals surface area contributed by atoms with Gasteiger partial charge in [0.05, 0.1) is 73.3 Å². The Morgan fingerprint density at radius 2 is 1.56 bits per heavy atom. The Morgan fingerprint density at radius 1 is 0.875 bits per heavy atom. The normalized spacial score (nSPS) is 18.7. The molecular weight excluding hydrogens is 1050 g/mol. The van der Waals surface area contributed by atoms with Gasteiger partial charge in [0, 0.05) is 47.7 Å². The number of imide groups is 1. The summed E-state index contributed by atoms with van der Waals surface area (Å²) in [5.41, 5.74) is 1.01. The standard InChI is InChI=1S/C54H57FN10O15/c1-3-54(78)32-16-37-47-30(23-64(37)50(75)31(32)24-80-52(54)77)46-34(10-9-29-27(2)33(55)17-35(62-47)45(29)46)63-51(76)53(13-14-53)25-79-26-60-40(67)20-58-48(73)36(15-28-7-5-4-6-8-28)61-41(68)21-57-39(66)19-59-49(74)38(18-56-22-44(71)72)65-42(69)11-12-43(65)70/h4-8,11-12,16-17,34,36,38,56,78H,3,9-10,13-15,18-26H2,1-2H3,(H,57,66)(H,58,73)(H,59,74)(H,60,67)(H,61,68)(H,63,76)(H,71,72)/t34-,36-,38-,54-/m0/s1. The predicted molar refractivity (Wildman–Crippen MR) is 275 cm³/mol. The van der Waals surface area contributed by atoms with Gasteiger partial charge in [-0.15, -0.1) is 0 Å². The zero-order valence-electron chi connectivity index (χ0n) is 43.5. The van der Waals surface area contributed by atoms with Gasteiger partial charge in [-0.3, -0.25) is 52.8 Å². The van der Waals surface area contributed by atoms with Crippen LogP contribution in [0.15, 0.2) is 59.4 Å². The molecule has 4 aromatic rings. The molecule has 80 heavy (non-hydrogen) atoms. The van der Waals surface area contributed by atoms with E-state index in [2.05, 4.69) is 37.2 Å². The van der Waals surface area contributed by atoms with Crippen molar-refractivity contribution in [2.75, 3.05) is 46.1 Å². The summed E-state index contributed by atoms with van der Waals surface area (Å²) in [5.74, 6) is -8.59. The van der Waals surface area contributed by atoms with E-state index < -0.39 is 127 Å². The Bertz CT molecular complexity index is 3360.